The largest absolute Gasteiger partial charge is 0.314 e. The van der Waals surface area contributed by atoms with Crippen LogP contribution in [0.3, 0.4) is 0 Å². The monoisotopic (exact) mass is 258 g/mol. The average Bonchev–Trinajstić information content (AvgIpc) is 3.15. The van der Waals surface area contributed by atoms with E-state index in [4.69, 9.17) is 0 Å². The molecule has 0 saturated carbocycles. The maximum absolute atomic E-state index is 4.34. The van der Waals surface area contributed by atoms with E-state index in [9.17, 15) is 0 Å². The van der Waals surface area contributed by atoms with Gasteiger partial charge in [0.1, 0.15) is 11.6 Å². The minimum absolute atomic E-state index is 0.510. The molecule has 0 aliphatic carbocycles. The molecule has 1 fully saturated rings. The molecule has 1 unspecified atom stereocenters. The van der Waals surface area contributed by atoms with E-state index in [0.29, 0.717) is 6.04 Å². The Kier molecular flexibility index (Phi) is 2.61. The zero-order valence-corrected chi connectivity index (χ0v) is 10.9. The van der Waals surface area contributed by atoms with Crippen LogP contribution < -0.4 is 0 Å². The summed E-state index contributed by atoms with van der Waals surface area (Å²) in [6.45, 7) is 4.19. The van der Waals surface area contributed by atoms with Gasteiger partial charge in [-0.3, -0.25) is 9.58 Å². The molecule has 0 bridgehead atoms. The summed E-state index contributed by atoms with van der Waals surface area (Å²) in [6.07, 6.45) is 7.39. The number of aromatic nitrogens is 5. The van der Waals surface area contributed by atoms with E-state index < -0.39 is 0 Å². The van der Waals surface area contributed by atoms with Gasteiger partial charge in [-0.1, -0.05) is 0 Å². The molecule has 100 valence electrons. The molecule has 1 atom stereocenters. The van der Waals surface area contributed by atoms with E-state index in [0.717, 1.165) is 44.2 Å². The zero-order valence-electron chi connectivity index (χ0n) is 10.9. The number of aryl methyl sites for hydroxylation is 1. The highest BCUT2D eigenvalue weighted by molar-refractivity contribution is 5.01. The molecule has 2 aliphatic rings. The molecule has 4 rings (SSSR count). The van der Waals surface area contributed by atoms with Crippen molar-refractivity contribution in [3.8, 4) is 0 Å². The van der Waals surface area contributed by atoms with Gasteiger partial charge < -0.3 is 4.57 Å². The van der Waals surface area contributed by atoms with Crippen LogP contribution in [0.5, 0.6) is 0 Å². The summed E-state index contributed by atoms with van der Waals surface area (Å²) >= 11 is 0. The van der Waals surface area contributed by atoms with Crippen molar-refractivity contribution in [2.24, 2.45) is 0 Å². The third-order valence-electron chi connectivity index (χ3n) is 4.20. The second-order valence-electron chi connectivity index (χ2n) is 5.45. The predicted octanol–water partition coefficient (Wildman–Crippen LogP) is 0.868. The Bertz CT molecular complexity index is 558. The SMILES string of the molecule is c1cnn(C2CCN(Cc3nnc4n3CCC4)C2)c1. The number of nitrogens with zero attached hydrogens (tertiary/aromatic N) is 6. The quantitative estimate of drug-likeness (QED) is 0.819. The molecule has 1 saturated heterocycles. The third kappa shape index (κ3) is 1.96. The van der Waals surface area contributed by atoms with Gasteiger partial charge in [0.15, 0.2) is 0 Å². The van der Waals surface area contributed by atoms with Crippen molar-refractivity contribution in [2.75, 3.05) is 13.1 Å². The molecule has 6 nitrogen and oxygen atoms in total. The zero-order chi connectivity index (χ0) is 12.7. The van der Waals surface area contributed by atoms with E-state index in [1.807, 2.05) is 12.3 Å². The molecule has 0 N–H and O–H groups in total. The summed E-state index contributed by atoms with van der Waals surface area (Å²) < 4.78 is 4.37. The van der Waals surface area contributed by atoms with Gasteiger partial charge in [0, 0.05) is 38.4 Å². The Morgan fingerprint density at radius 2 is 2.26 bits per heavy atom. The van der Waals surface area contributed by atoms with E-state index in [-0.39, 0.29) is 0 Å². The maximum atomic E-state index is 4.34. The van der Waals surface area contributed by atoms with Crippen LogP contribution in [0.1, 0.15) is 30.5 Å². The molecule has 0 radical (unpaired) electrons. The van der Waals surface area contributed by atoms with E-state index in [1.54, 1.807) is 0 Å². The standard InChI is InChI=1S/C13H18N6/c1-3-12-15-16-13(18(12)6-1)10-17-8-4-11(9-17)19-7-2-5-14-19/h2,5,7,11H,1,3-4,6,8-10H2. The Hall–Kier alpha value is -1.69. The lowest BCUT2D eigenvalue weighted by Crippen LogP contribution is -2.23. The molecule has 0 amide bonds. The van der Waals surface area contributed by atoms with Crippen LogP contribution in [0.4, 0.5) is 0 Å². The molecular formula is C13H18N6. The molecule has 2 aliphatic heterocycles. The molecule has 0 aromatic carbocycles. The van der Waals surface area contributed by atoms with E-state index in [2.05, 4.69) is 35.6 Å². The van der Waals surface area contributed by atoms with Crippen molar-refractivity contribution < 1.29 is 0 Å². The smallest absolute Gasteiger partial charge is 0.147 e. The number of rotatable bonds is 3. The Labute approximate surface area is 112 Å². The van der Waals surface area contributed by atoms with Crippen LogP contribution in [-0.2, 0) is 19.5 Å². The highest BCUT2D eigenvalue weighted by atomic mass is 15.3. The van der Waals surface area contributed by atoms with Gasteiger partial charge in [-0.2, -0.15) is 5.10 Å². The van der Waals surface area contributed by atoms with Gasteiger partial charge in [0.25, 0.3) is 0 Å². The normalized spacial score (nSPS) is 23.1. The molecule has 0 spiro atoms. The minimum Gasteiger partial charge on any atom is -0.314 e. The first kappa shape index (κ1) is 11.2. The first-order valence-electron chi connectivity index (χ1n) is 7.02. The summed E-state index contributed by atoms with van der Waals surface area (Å²) in [6, 6.07) is 2.50. The summed E-state index contributed by atoms with van der Waals surface area (Å²) in [7, 11) is 0. The van der Waals surface area contributed by atoms with E-state index >= 15 is 0 Å². The molecule has 2 aromatic rings. The number of fused-ring (bicyclic) bond motifs is 1. The number of hydrogen-bond donors (Lipinski definition) is 0. The van der Waals surface area contributed by atoms with Crippen LogP contribution >= 0.6 is 0 Å². The average molecular weight is 258 g/mol. The van der Waals surface area contributed by atoms with Crippen molar-refractivity contribution in [1.29, 1.82) is 0 Å². The van der Waals surface area contributed by atoms with Crippen molar-refractivity contribution in [3.63, 3.8) is 0 Å². The number of likely N-dealkylation sites (tertiary alicyclic amines) is 1. The van der Waals surface area contributed by atoms with Gasteiger partial charge in [0.05, 0.1) is 12.6 Å². The first-order chi connectivity index (χ1) is 9.40. The first-order valence-corrected chi connectivity index (χ1v) is 7.02. The molecular weight excluding hydrogens is 240 g/mol. The maximum Gasteiger partial charge on any atom is 0.147 e. The van der Waals surface area contributed by atoms with Crippen molar-refractivity contribution in [2.45, 2.75) is 38.4 Å². The number of hydrogen-bond acceptors (Lipinski definition) is 4. The van der Waals surface area contributed by atoms with Gasteiger partial charge in [-0.25, -0.2) is 0 Å². The van der Waals surface area contributed by atoms with Crippen molar-refractivity contribution >= 4 is 0 Å². The topological polar surface area (TPSA) is 51.8 Å². The summed E-state index contributed by atoms with van der Waals surface area (Å²) in [5.41, 5.74) is 0. The fraction of sp³-hybridized carbons (Fsp3) is 0.615. The summed E-state index contributed by atoms with van der Waals surface area (Å²) in [5, 5.41) is 13.0. The lowest BCUT2D eigenvalue weighted by Gasteiger charge is -2.15. The highest BCUT2D eigenvalue weighted by Crippen LogP contribution is 2.23. The van der Waals surface area contributed by atoms with Gasteiger partial charge >= 0.3 is 0 Å². The Morgan fingerprint density at radius 1 is 1.26 bits per heavy atom. The molecule has 2 aromatic heterocycles. The van der Waals surface area contributed by atoms with Gasteiger partial charge in [-0.15, -0.1) is 10.2 Å². The van der Waals surface area contributed by atoms with Crippen LogP contribution in [-0.4, -0.2) is 42.5 Å². The fourth-order valence-electron chi connectivity index (χ4n) is 3.20. The van der Waals surface area contributed by atoms with Crippen LogP contribution in [0, 0.1) is 0 Å². The van der Waals surface area contributed by atoms with E-state index in [1.165, 1.54) is 12.8 Å². The molecule has 4 heterocycles. The van der Waals surface area contributed by atoms with Crippen molar-refractivity contribution in [3.05, 3.63) is 30.1 Å². The lowest BCUT2D eigenvalue weighted by molar-refractivity contribution is 0.299. The van der Waals surface area contributed by atoms with Crippen LogP contribution in [0.2, 0.25) is 0 Å². The van der Waals surface area contributed by atoms with Crippen molar-refractivity contribution in [1.82, 2.24) is 29.4 Å². The second-order valence-corrected chi connectivity index (χ2v) is 5.45. The Morgan fingerprint density at radius 3 is 3.16 bits per heavy atom. The van der Waals surface area contributed by atoms with Crippen LogP contribution in [0.25, 0.3) is 0 Å². The fourth-order valence-corrected chi connectivity index (χ4v) is 3.20. The highest BCUT2D eigenvalue weighted by Gasteiger charge is 2.26. The lowest BCUT2D eigenvalue weighted by atomic mass is 10.3. The third-order valence-corrected chi connectivity index (χ3v) is 4.20. The molecule has 19 heavy (non-hydrogen) atoms. The van der Waals surface area contributed by atoms with Gasteiger partial charge in [-0.05, 0) is 18.9 Å². The summed E-state index contributed by atoms with van der Waals surface area (Å²) in [4.78, 5) is 2.46. The second kappa shape index (κ2) is 4.45. The summed E-state index contributed by atoms with van der Waals surface area (Å²) in [5.74, 6) is 2.30. The van der Waals surface area contributed by atoms with Crippen LogP contribution in [0.15, 0.2) is 18.5 Å². The molecule has 6 heteroatoms. The predicted molar refractivity (Wildman–Crippen MR) is 69.5 cm³/mol. The minimum atomic E-state index is 0.510. The van der Waals surface area contributed by atoms with Gasteiger partial charge in [0.2, 0.25) is 0 Å². The Balaban J connectivity index is 1.44.